The van der Waals surface area contributed by atoms with Crippen molar-refractivity contribution >= 4 is 27.5 Å². The zero-order chi connectivity index (χ0) is 28.6. The second kappa shape index (κ2) is 13.3. The average Bonchev–Trinajstić information content (AvgIpc) is 2.92. The first-order valence-corrected chi connectivity index (χ1v) is 14.4. The first kappa shape index (κ1) is 29.7. The Morgan fingerprint density at radius 3 is 2.15 bits per heavy atom. The van der Waals surface area contributed by atoms with Gasteiger partial charge in [0.15, 0.2) is 0 Å². The second-order valence-corrected chi connectivity index (χ2v) is 11.2. The molecule has 0 aliphatic heterocycles. The largest absolute Gasteiger partial charge is 0.497 e. The Kier molecular flexibility index (Phi) is 10.1. The summed E-state index contributed by atoms with van der Waals surface area (Å²) in [4.78, 5) is 28.5. The number of nitrogens with zero attached hydrogens (tertiary/aromatic N) is 2. The van der Waals surface area contributed by atoms with Crippen LogP contribution in [0.25, 0.3) is 0 Å². The highest BCUT2D eigenvalue weighted by Gasteiger charge is 2.33. The van der Waals surface area contributed by atoms with Crippen molar-refractivity contribution in [1.29, 1.82) is 0 Å². The first-order chi connectivity index (χ1) is 18.6. The van der Waals surface area contributed by atoms with Gasteiger partial charge in [-0.15, -0.1) is 0 Å². The maximum absolute atomic E-state index is 14.0. The highest BCUT2D eigenvalue weighted by Crippen LogP contribution is 2.26. The number of carbonyl (C=O) groups excluding carboxylic acids is 2. The van der Waals surface area contributed by atoms with Crippen molar-refractivity contribution in [3.63, 3.8) is 0 Å². The number of sulfonamides is 1. The number of carbonyl (C=O) groups is 2. The molecule has 0 spiro atoms. The molecule has 208 valence electrons. The van der Waals surface area contributed by atoms with Gasteiger partial charge in [-0.3, -0.25) is 13.9 Å². The molecule has 3 rings (SSSR count). The number of hydrogen-bond donors (Lipinski definition) is 1. The molecule has 0 aromatic heterocycles. The summed E-state index contributed by atoms with van der Waals surface area (Å²) in [6, 6.07) is 20.0. The predicted octanol–water partition coefficient (Wildman–Crippen LogP) is 4.45. The van der Waals surface area contributed by atoms with Gasteiger partial charge < -0.3 is 15.0 Å². The molecule has 0 heterocycles. The highest BCUT2D eigenvalue weighted by atomic mass is 32.2. The molecule has 9 heteroatoms. The minimum atomic E-state index is -4.09. The third kappa shape index (κ3) is 7.38. The quantitative estimate of drug-likeness (QED) is 0.359. The van der Waals surface area contributed by atoms with Crippen LogP contribution in [-0.2, 0) is 26.2 Å². The Hall–Kier alpha value is -3.85. The summed E-state index contributed by atoms with van der Waals surface area (Å²) < 4.78 is 34.1. The third-order valence-electron chi connectivity index (χ3n) is 6.43. The molecule has 1 atom stereocenters. The molecule has 8 nitrogen and oxygen atoms in total. The topological polar surface area (TPSA) is 96.0 Å². The van der Waals surface area contributed by atoms with Gasteiger partial charge >= 0.3 is 0 Å². The van der Waals surface area contributed by atoms with Crippen molar-refractivity contribution < 1.29 is 22.7 Å². The minimum Gasteiger partial charge on any atom is -0.497 e. The van der Waals surface area contributed by atoms with E-state index in [-0.39, 0.29) is 17.3 Å². The van der Waals surface area contributed by atoms with E-state index in [9.17, 15) is 18.0 Å². The number of aryl methyl sites for hydroxylation is 2. The van der Waals surface area contributed by atoms with Crippen LogP contribution in [0, 0.1) is 13.8 Å². The van der Waals surface area contributed by atoms with Gasteiger partial charge in [0, 0.05) is 13.1 Å². The molecule has 0 saturated carbocycles. The van der Waals surface area contributed by atoms with E-state index in [1.54, 1.807) is 49.6 Å². The summed E-state index contributed by atoms with van der Waals surface area (Å²) in [7, 11) is -2.52. The monoisotopic (exact) mass is 551 g/mol. The second-order valence-electron chi connectivity index (χ2n) is 9.35. The lowest BCUT2D eigenvalue weighted by Gasteiger charge is -2.33. The summed E-state index contributed by atoms with van der Waals surface area (Å²) in [5.41, 5.74) is 2.94. The lowest BCUT2D eigenvalue weighted by Crippen LogP contribution is -2.52. The Morgan fingerprint density at radius 2 is 1.59 bits per heavy atom. The predicted molar refractivity (Wildman–Crippen MR) is 153 cm³/mol. The molecule has 3 aromatic rings. The molecule has 0 saturated heterocycles. The fourth-order valence-corrected chi connectivity index (χ4v) is 5.69. The van der Waals surface area contributed by atoms with Crippen molar-refractivity contribution in [2.24, 2.45) is 0 Å². The fourth-order valence-electron chi connectivity index (χ4n) is 4.29. The van der Waals surface area contributed by atoms with Crippen LogP contribution in [-0.4, -0.2) is 51.4 Å². The van der Waals surface area contributed by atoms with Crippen LogP contribution in [0.4, 0.5) is 5.69 Å². The molecule has 0 radical (unpaired) electrons. The highest BCUT2D eigenvalue weighted by molar-refractivity contribution is 7.92. The zero-order valence-corrected chi connectivity index (χ0v) is 24.0. The lowest BCUT2D eigenvalue weighted by atomic mass is 10.1. The Bertz CT molecular complexity index is 1370. The van der Waals surface area contributed by atoms with Gasteiger partial charge in [0.2, 0.25) is 11.8 Å². The van der Waals surface area contributed by atoms with Crippen molar-refractivity contribution in [1.82, 2.24) is 10.2 Å². The number of methoxy groups -OCH3 is 1. The molecule has 0 bridgehead atoms. The van der Waals surface area contributed by atoms with E-state index in [4.69, 9.17) is 4.74 Å². The van der Waals surface area contributed by atoms with Gasteiger partial charge in [0.05, 0.1) is 17.7 Å². The molecule has 1 N–H and O–H groups in total. The number of benzene rings is 3. The number of ether oxygens (including phenoxy) is 1. The van der Waals surface area contributed by atoms with E-state index in [2.05, 4.69) is 5.32 Å². The average molecular weight is 552 g/mol. The molecule has 0 aliphatic rings. The van der Waals surface area contributed by atoms with Crippen molar-refractivity contribution in [3.8, 4) is 5.75 Å². The summed E-state index contributed by atoms with van der Waals surface area (Å²) in [5, 5.41) is 2.81. The Morgan fingerprint density at radius 1 is 0.923 bits per heavy atom. The molecule has 3 aromatic carbocycles. The summed E-state index contributed by atoms with van der Waals surface area (Å²) in [5.74, 6) is -0.103. The number of anilines is 1. The SMILES string of the molecule is CCNC(=O)C(CC)N(Cc1ccc(OC)cc1)C(=O)CN(c1cccc(C)c1)S(=O)(=O)c1ccc(C)cc1. The van der Waals surface area contributed by atoms with Crippen LogP contribution in [0.3, 0.4) is 0 Å². The minimum absolute atomic E-state index is 0.0832. The number of nitrogens with one attached hydrogen (secondary N) is 1. The molecular weight excluding hydrogens is 514 g/mol. The van der Waals surface area contributed by atoms with Crippen LogP contribution < -0.4 is 14.4 Å². The van der Waals surface area contributed by atoms with E-state index in [0.717, 1.165) is 21.0 Å². The molecule has 39 heavy (non-hydrogen) atoms. The maximum atomic E-state index is 14.0. The first-order valence-electron chi connectivity index (χ1n) is 13.0. The Labute approximate surface area is 231 Å². The number of rotatable bonds is 12. The van der Waals surface area contributed by atoms with Gasteiger partial charge in [-0.2, -0.15) is 0 Å². The standard InChI is InChI=1S/C30H37N3O5S/c1-6-28(30(35)31-7-2)32(20-24-13-15-26(38-5)16-14-24)29(34)21-33(25-10-8-9-23(4)19-25)39(36,37)27-17-11-22(3)12-18-27/h8-19,28H,6-7,20-21H2,1-5H3,(H,31,35). The molecule has 1 unspecified atom stereocenters. The van der Waals surface area contributed by atoms with E-state index < -0.39 is 28.5 Å². The van der Waals surface area contributed by atoms with Gasteiger partial charge in [-0.05, 0) is 74.7 Å². The van der Waals surface area contributed by atoms with Crippen LogP contribution in [0.5, 0.6) is 5.75 Å². The van der Waals surface area contributed by atoms with Gasteiger partial charge in [-0.25, -0.2) is 8.42 Å². The van der Waals surface area contributed by atoms with E-state index >= 15 is 0 Å². The summed E-state index contributed by atoms with van der Waals surface area (Å²) >= 11 is 0. The van der Waals surface area contributed by atoms with Crippen LogP contribution >= 0.6 is 0 Å². The van der Waals surface area contributed by atoms with Crippen molar-refractivity contribution in [2.75, 3.05) is 24.5 Å². The summed E-state index contributed by atoms with van der Waals surface area (Å²) in [6.45, 7) is 7.46. The maximum Gasteiger partial charge on any atom is 0.264 e. The smallest absolute Gasteiger partial charge is 0.264 e. The third-order valence-corrected chi connectivity index (χ3v) is 8.21. The fraction of sp³-hybridized carbons (Fsp3) is 0.333. The van der Waals surface area contributed by atoms with Crippen molar-refractivity contribution in [3.05, 3.63) is 89.5 Å². The number of likely N-dealkylation sites (N-methyl/N-ethyl adjacent to an activating group) is 1. The van der Waals surface area contributed by atoms with E-state index in [0.29, 0.717) is 24.4 Å². The van der Waals surface area contributed by atoms with Crippen LogP contribution in [0.1, 0.15) is 37.0 Å². The van der Waals surface area contributed by atoms with Gasteiger partial charge in [-0.1, -0.05) is 48.9 Å². The number of amides is 2. The zero-order valence-electron chi connectivity index (χ0n) is 23.2. The van der Waals surface area contributed by atoms with Gasteiger partial charge in [0.25, 0.3) is 10.0 Å². The number of hydrogen-bond acceptors (Lipinski definition) is 5. The van der Waals surface area contributed by atoms with E-state index in [1.165, 1.54) is 17.0 Å². The molecule has 0 fully saturated rings. The molecule has 2 amide bonds. The Balaban J connectivity index is 2.05. The van der Waals surface area contributed by atoms with Crippen LogP contribution in [0.15, 0.2) is 77.7 Å². The summed E-state index contributed by atoms with van der Waals surface area (Å²) in [6.07, 6.45) is 0.364. The van der Waals surface area contributed by atoms with Crippen LogP contribution in [0.2, 0.25) is 0 Å². The molecule has 0 aliphatic carbocycles. The van der Waals surface area contributed by atoms with Gasteiger partial charge in [0.1, 0.15) is 18.3 Å². The normalized spacial score (nSPS) is 11.9. The lowest BCUT2D eigenvalue weighted by molar-refractivity contribution is -0.140. The molecular formula is C30H37N3O5S. The van der Waals surface area contributed by atoms with E-state index in [1.807, 2.05) is 45.9 Å². The van der Waals surface area contributed by atoms with Crippen molar-refractivity contribution in [2.45, 2.75) is 51.6 Å².